The van der Waals surface area contributed by atoms with Crippen LogP contribution in [0.5, 0.6) is 0 Å². The Morgan fingerprint density at radius 3 is 2.35 bits per heavy atom. The molecule has 2 N–H and O–H groups in total. The molecule has 0 radical (unpaired) electrons. The lowest BCUT2D eigenvalue weighted by Crippen LogP contribution is -2.41. The van der Waals surface area contributed by atoms with Crippen molar-refractivity contribution in [2.45, 2.75) is 52.0 Å². The first-order valence-electron chi connectivity index (χ1n) is 7.75. The molecule has 0 aliphatic heterocycles. The van der Waals surface area contributed by atoms with Crippen LogP contribution in [0.25, 0.3) is 0 Å². The standard InChI is InChI=1S/C15H29N3O2/c1-4-18(5-2)15(20)11-17(3)14(19)10-12-7-6-8-13(16)9-12/h12-13H,4-11,16H2,1-3H3. The zero-order chi connectivity index (χ0) is 15.1. The van der Waals surface area contributed by atoms with E-state index in [1.54, 1.807) is 16.8 Å². The lowest BCUT2D eigenvalue weighted by atomic mass is 9.84. The van der Waals surface area contributed by atoms with Gasteiger partial charge in [0.2, 0.25) is 11.8 Å². The smallest absolute Gasteiger partial charge is 0.242 e. The Bertz CT molecular complexity index is 329. The van der Waals surface area contributed by atoms with Gasteiger partial charge < -0.3 is 15.5 Å². The molecule has 5 heteroatoms. The van der Waals surface area contributed by atoms with Gasteiger partial charge in [-0.3, -0.25) is 9.59 Å². The van der Waals surface area contributed by atoms with Gasteiger partial charge in [0.1, 0.15) is 0 Å². The second-order valence-corrected chi connectivity index (χ2v) is 5.81. The van der Waals surface area contributed by atoms with E-state index in [1.807, 2.05) is 13.8 Å². The van der Waals surface area contributed by atoms with Crippen LogP contribution in [-0.4, -0.2) is 54.3 Å². The fourth-order valence-corrected chi connectivity index (χ4v) is 2.89. The molecule has 0 spiro atoms. The van der Waals surface area contributed by atoms with Crippen LogP contribution < -0.4 is 5.73 Å². The van der Waals surface area contributed by atoms with Gasteiger partial charge in [-0.1, -0.05) is 6.42 Å². The van der Waals surface area contributed by atoms with Gasteiger partial charge in [-0.05, 0) is 39.0 Å². The van der Waals surface area contributed by atoms with Crippen LogP contribution in [0.3, 0.4) is 0 Å². The Kier molecular flexibility index (Phi) is 6.99. The van der Waals surface area contributed by atoms with E-state index in [1.165, 1.54) is 0 Å². The molecular formula is C15H29N3O2. The van der Waals surface area contributed by atoms with E-state index < -0.39 is 0 Å². The van der Waals surface area contributed by atoms with Crippen LogP contribution in [0.1, 0.15) is 46.0 Å². The quantitative estimate of drug-likeness (QED) is 0.797. The van der Waals surface area contributed by atoms with Gasteiger partial charge >= 0.3 is 0 Å². The van der Waals surface area contributed by atoms with Crippen molar-refractivity contribution in [2.24, 2.45) is 11.7 Å². The van der Waals surface area contributed by atoms with E-state index in [-0.39, 0.29) is 24.4 Å². The first kappa shape index (κ1) is 17.0. The van der Waals surface area contributed by atoms with Crippen molar-refractivity contribution in [3.05, 3.63) is 0 Å². The second kappa shape index (κ2) is 8.25. The second-order valence-electron chi connectivity index (χ2n) is 5.81. The maximum Gasteiger partial charge on any atom is 0.242 e. The monoisotopic (exact) mass is 283 g/mol. The number of nitrogens with two attached hydrogens (primary N) is 1. The van der Waals surface area contributed by atoms with Crippen molar-refractivity contribution in [3.8, 4) is 0 Å². The van der Waals surface area contributed by atoms with E-state index in [2.05, 4.69) is 0 Å². The molecule has 5 nitrogen and oxygen atoms in total. The Balaban J connectivity index is 2.40. The van der Waals surface area contributed by atoms with Crippen molar-refractivity contribution in [1.29, 1.82) is 0 Å². The van der Waals surface area contributed by atoms with Crippen molar-refractivity contribution in [3.63, 3.8) is 0 Å². The maximum atomic E-state index is 12.2. The zero-order valence-electron chi connectivity index (χ0n) is 13.1. The molecule has 0 aromatic heterocycles. The minimum absolute atomic E-state index is 0.0196. The molecule has 2 amide bonds. The average Bonchev–Trinajstić information content (AvgIpc) is 2.40. The molecule has 0 saturated heterocycles. The molecule has 1 aliphatic carbocycles. The first-order chi connectivity index (χ1) is 9.47. The molecule has 0 aromatic carbocycles. The molecule has 0 aromatic rings. The summed E-state index contributed by atoms with van der Waals surface area (Å²) in [6.07, 6.45) is 4.72. The molecule has 1 aliphatic rings. The Hall–Kier alpha value is -1.10. The number of carbonyl (C=O) groups is 2. The zero-order valence-corrected chi connectivity index (χ0v) is 13.1. The number of rotatable bonds is 6. The molecular weight excluding hydrogens is 254 g/mol. The highest BCUT2D eigenvalue weighted by atomic mass is 16.2. The predicted molar refractivity (Wildman–Crippen MR) is 80.1 cm³/mol. The van der Waals surface area contributed by atoms with Crippen molar-refractivity contribution < 1.29 is 9.59 Å². The number of hydrogen-bond acceptors (Lipinski definition) is 3. The molecule has 1 fully saturated rings. The van der Waals surface area contributed by atoms with Crippen LogP contribution in [0.4, 0.5) is 0 Å². The maximum absolute atomic E-state index is 12.2. The van der Waals surface area contributed by atoms with E-state index in [0.29, 0.717) is 25.4 Å². The van der Waals surface area contributed by atoms with E-state index >= 15 is 0 Å². The third-order valence-electron chi connectivity index (χ3n) is 4.20. The third-order valence-corrected chi connectivity index (χ3v) is 4.20. The summed E-state index contributed by atoms with van der Waals surface area (Å²) in [7, 11) is 1.71. The predicted octanol–water partition coefficient (Wildman–Crippen LogP) is 1.22. The number of hydrogen-bond donors (Lipinski definition) is 1. The highest BCUT2D eigenvalue weighted by Gasteiger charge is 2.24. The van der Waals surface area contributed by atoms with Gasteiger partial charge in [-0.2, -0.15) is 0 Å². The summed E-state index contributed by atoms with van der Waals surface area (Å²) in [6.45, 7) is 5.46. The first-order valence-corrected chi connectivity index (χ1v) is 7.75. The van der Waals surface area contributed by atoms with E-state index in [9.17, 15) is 9.59 Å². The summed E-state index contributed by atoms with van der Waals surface area (Å²) in [5.41, 5.74) is 5.95. The number of nitrogens with zero attached hydrogens (tertiary/aromatic N) is 2. The number of amides is 2. The summed E-state index contributed by atoms with van der Waals surface area (Å²) in [4.78, 5) is 27.5. The van der Waals surface area contributed by atoms with Crippen LogP contribution >= 0.6 is 0 Å². The van der Waals surface area contributed by atoms with Gasteiger partial charge in [-0.25, -0.2) is 0 Å². The summed E-state index contributed by atoms with van der Waals surface area (Å²) < 4.78 is 0. The summed E-state index contributed by atoms with van der Waals surface area (Å²) in [5.74, 6) is 0.466. The molecule has 1 rings (SSSR count). The van der Waals surface area contributed by atoms with Crippen molar-refractivity contribution in [1.82, 2.24) is 9.80 Å². The van der Waals surface area contributed by atoms with Gasteiger partial charge in [0, 0.05) is 32.6 Å². The normalized spacial score (nSPS) is 22.4. The van der Waals surface area contributed by atoms with E-state index in [4.69, 9.17) is 5.73 Å². The summed E-state index contributed by atoms with van der Waals surface area (Å²) in [5, 5.41) is 0. The fraction of sp³-hybridized carbons (Fsp3) is 0.867. The minimum atomic E-state index is 0.0196. The highest BCUT2D eigenvalue weighted by molar-refractivity contribution is 5.84. The largest absolute Gasteiger partial charge is 0.342 e. The molecule has 2 unspecified atom stereocenters. The Morgan fingerprint density at radius 2 is 1.80 bits per heavy atom. The van der Waals surface area contributed by atoms with Gasteiger partial charge in [0.05, 0.1) is 6.54 Å². The SMILES string of the molecule is CCN(CC)C(=O)CN(C)C(=O)CC1CCCC(N)C1. The Morgan fingerprint density at radius 1 is 1.15 bits per heavy atom. The Labute approximate surface area is 122 Å². The topological polar surface area (TPSA) is 66.6 Å². The lowest BCUT2D eigenvalue weighted by molar-refractivity contribution is -0.139. The molecule has 0 bridgehead atoms. The number of carbonyl (C=O) groups excluding carboxylic acids is 2. The van der Waals surface area contributed by atoms with E-state index in [0.717, 1.165) is 25.7 Å². The third kappa shape index (κ3) is 5.12. The minimum Gasteiger partial charge on any atom is -0.342 e. The molecule has 0 heterocycles. The fourth-order valence-electron chi connectivity index (χ4n) is 2.89. The van der Waals surface area contributed by atoms with Crippen LogP contribution in [0.15, 0.2) is 0 Å². The molecule has 116 valence electrons. The van der Waals surface area contributed by atoms with Crippen LogP contribution in [-0.2, 0) is 9.59 Å². The molecule has 2 atom stereocenters. The lowest BCUT2D eigenvalue weighted by Gasteiger charge is -2.28. The highest BCUT2D eigenvalue weighted by Crippen LogP contribution is 2.26. The summed E-state index contributed by atoms with van der Waals surface area (Å²) >= 11 is 0. The van der Waals surface area contributed by atoms with Crippen molar-refractivity contribution >= 4 is 11.8 Å². The summed E-state index contributed by atoms with van der Waals surface area (Å²) in [6, 6.07) is 0.240. The molecule has 1 saturated carbocycles. The van der Waals surface area contributed by atoms with Crippen LogP contribution in [0, 0.1) is 5.92 Å². The van der Waals surface area contributed by atoms with Crippen molar-refractivity contribution in [2.75, 3.05) is 26.7 Å². The van der Waals surface area contributed by atoms with Gasteiger partial charge in [0.25, 0.3) is 0 Å². The van der Waals surface area contributed by atoms with Gasteiger partial charge in [0.15, 0.2) is 0 Å². The van der Waals surface area contributed by atoms with Crippen LogP contribution in [0.2, 0.25) is 0 Å². The average molecular weight is 283 g/mol. The number of likely N-dealkylation sites (N-methyl/N-ethyl adjacent to an activating group) is 2. The molecule has 20 heavy (non-hydrogen) atoms. The van der Waals surface area contributed by atoms with Gasteiger partial charge in [-0.15, -0.1) is 0 Å².